The molecule has 1 unspecified atom stereocenters. The van der Waals surface area contributed by atoms with Gasteiger partial charge < -0.3 is 10.1 Å². The molecule has 6 nitrogen and oxygen atoms in total. The first-order chi connectivity index (χ1) is 9.65. The van der Waals surface area contributed by atoms with Crippen molar-refractivity contribution in [3.8, 4) is 0 Å². The summed E-state index contributed by atoms with van der Waals surface area (Å²) in [5.41, 5.74) is 1.49. The molecule has 1 aromatic rings. The summed E-state index contributed by atoms with van der Waals surface area (Å²) in [6.07, 6.45) is 5.93. The van der Waals surface area contributed by atoms with Gasteiger partial charge in [-0.2, -0.15) is 0 Å². The molecule has 0 amide bonds. The van der Waals surface area contributed by atoms with Gasteiger partial charge in [0.1, 0.15) is 0 Å². The molecule has 2 heterocycles. The van der Waals surface area contributed by atoms with Crippen LogP contribution < -0.4 is 5.32 Å². The van der Waals surface area contributed by atoms with Gasteiger partial charge in [-0.05, 0) is 52.5 Å². The van der Waals surface area contributed by atoms with Crippen molar-refractivity contribution in [1.29, 1.82) is 0 Å². The van der Waals surface area contributed by atoms with Gasteiger partial charge in [-0.25, -0.2) is 9.48 Å². The Hall–Kier alpha value is -1.43. The van der Waals surface area contributed by atoms with Crippen molar-refractivity contribution >= 4 is 5.97 Å². The van der Waals surface area contributed by atoms with Gasteiger partial charge in [-0.15, -0.1) is 5.10 Å². The lowest BCUT2D eigenvalue weighted by molar-refractivity contribution is 0.0518. The van der Waals surface area contributed by atoms with Crippen molar-refractivity contribution in [2.24, 2.45) is 0 Å². The van der Waals surface area contributed by atoms with Crippen LogP contribution in [0.2, 0.25) is 0 Å². The molecule has 6 heteroatoms. The highest BCUT2D eigenvalue weighted by atomic mass is 16.5. The molecule has 1 atom stereocenters. The van der Waals surface area contributed by atoms with Crippen LogP contribution in [0.4, 0.5) is 0 Å². The maximum absolute atomic E-state index is 11.8. The third-order valence-corrected chi connectivity index (χ3v) is 4.66. The van der Waals surface area contributed by atoms with Crippen molar-refractivity contribution in [2.75, 3.05) is 13.2 Å². The van der Waals surface area contributed by atoms with E-state index in [0.717, 1.165) is 25.1 Å². The third-order valence-electron chi connectivity index (χ3n) is 4.66. The number of ether oxygens (including phenoxy) is 1. The van der Waals surface area contributed by atoms with Crippen molar-refractivity contribution in [1.82, 2.24) is 20.3 Å². The molecule has 1 saturated heterocycles. The first kappa shape index (κ1) is 13.5. The summed E-state index contributed by atoms with van der Waals surface area (Å²) in [6.45, 7) is 5.08. The van der Waals surface area contributed by atoms with E-state index in [1.807, 2.05) is 11.6 Å². The van der Waals surface area contributed by atoms with E-state index in [2.05, 4.69) is 15.6 Å². The molecule has 2 aliphatic rings. The summed E-state index contributed by atoms with van der Waals surface area (Å²) < 4.78 is 6.94. The normalized spacial score (nSPS) is 24.4. The van der Waals surface area contributed by atoms with E-state index in [9.17, 15) is 4.79 Å². The fourth-order valence-corrected chi connectivity index (χ4v) is 3.40. The first-order valence-corrected chi connectivity index (χ1v) is 7.49. The molecule has 0 aromatic carbocycles. The summed E-state index contributed by atoms with van der Waals surface area (Å²) in [7, 11) is 0. The molecule has 1 aromatic heterocycles. The Morgan fingerprint density at radius 3 is 3.00 bits per heavy atom. The second-order valence-electron chi connectivity index (χ2n) is 5.90. The average molecular weight is 278 g/mol. The Balaban J connectivity index is 1.78. The van der Waals surface area contributed by atoms with E-state index in [-0.39, 0.29) is 5.97 Å². The Morgan fingerprint density at radius 1 is 1.55 bits per heavy atom. The number of nitrogens with zero attached hydrogens (tertiary/aromatic N) is 3. The van der Waals surface area contributed by atoms with Gasteiger partial charge in [0.2, 0.25) is 0 Å². The summed E-state index contributed by atoms with van der Waals surface area (Å²) in [5.74, 6) is -0.372. The monoisotopic (exact) mass is 278 g/mol. The van der Waals surface area contributed by atoms with E-state index >= 15 is 0 Å². The Kier molecular flexibility index (Phi) is 3.50. The number of esters is 1. The van der Waals surface area contributed by atoms with Crippen LogP contribution in [0.15, 0.2) is 0 Å². The van der Waals surface area contributed by atoms with Gasteiger partial charge in [-0.3, -0.25) is 0 Å². The Morgan fingerprint density at radius 2 is 2.35 bits per heavy atom. The molecule has 3 rings (SSSR count). The second-order valence-corrected chi connectivity index (χ2v) is 5.90. The largest absolute Gasteiger partial charge is 0.461 e. The molecule has 1 aliphatic carbocycles. The molecule has 2 fully saturated rings. The van der Waals surface area contributed by atoms with Crippen LogP contribution in [0, 0.1) is 6.92 Å². The quantitative estimate of drug-likeness (QED) is 0.851. The summed E-state index contributed by atoms with van der Waals surface area (Å²) in [5, 5.41) is 11.9. The van der Waals surface area contributed by atoms with Gasteiger partial charge in [-0.1, -0.05) is 5.21 Å². The van der Waals surface area contributed by atoms with E-state index in [1.165, 1.54) is 19.3 Å². The molecule has 0 radical (unpaired) electrons. The van der Waals surface area contributed by atoms with Crippen LogP contribution in [-0.2, 0) is 4.74 Å². The van der Waals surface area contributed by atoms with Gasteiger partial charge >= 0.3 is 5.97 Å². The molecule has 0 bridgehead atoms. The molecule has 20 heavy (non-hydrogen) atoms. The topological polar surface area (TPSA) is 69.0 Å². The minimum atomic E-state index is -0.372. The lowest BCUT2D eigenvalue weighted by Crippen LogP contribution is -2.55. The van der Waals surface area contributed by atoms with Gasteiger partial charge in [0, 0.05) is 5.54 Å². The van der Waals surface area contributed by atoms with E-state index in [1.54, 1.807) is 6.92 Å². The number of carbonyl (C=O) groups is 1. The van der Waals surface area contributed by atoms with Crippen LogP contribution in [-0.4, -0.2) is 39.7 Å². The molecule has 1 aliphatic heterocycles. The highest BCUT2D eigenvalue weighted by Gasteiger charge is 2.42. The molecular weight excluding hydrogens is 256 g/mol. The molecule has 1 N–H and O–H groups in total. The minimum absolute atomic E-state index is 0.311. The zero-order valence-electron chi connectivity index (χ0n) is 12.2. The van der Waals surface area contributed by atoms with Crippen molar-refractivity contribution in [3.05, 3.63) is 11.4 Å². The summed E-state index contributed by atoms with van der Waals surface area (Å²) in [4.78, 5) is 11.8. The van der Waals surface area contributed by atoms with E-state index in [4.69, 9.17) is 4.74 Å². The lowest BCUT2D eigenvalue weighted by Gasteiger charge is -2.48. The fraction of sp³-hybridized carbons (Fsp3) is 0.786. The average Bonchev–Trinajstić information content (AvgIpc) is 2.79. The molecule has 1 saturated carbocycles. The van der Waals surface area contributed by atoms with Crippen LogP contribution in [0.25, 0.3) is 0 Å². The van der Waals surface area contributed by atoms with Gasteiger partial charge in [0.05, 0.1) is 18.3 Å². The van der Waals surface area contributed by atoms with Crippen molar-refractivity contribution < 1.29 is 9.53 Å². The van der Waals surface area contributed by atoms with Crippen LogP contribution in [0.3, 0.4) is 0 Å². The zero-order valence-corrected chi connectivity index (χ0v) is 12.2. The number of aromatic nitrogens is 3. The molecular formula is C14H22N4O2. The van der Waals surface area contributed by atoms with Crippen LogP contribution in [0.5, 0.6) is 0 Å². The molecule has 1 spiro atoms. The highest BCUT2D eigenvalue weighted by molar-refractivity contribution is 5.88. The minimum Gasteiger partial charge on any atom is -0.461 e. The lowest BCUT2D eigenvalue weighted by atomic mass is 9.70. The first-order valence-electron chi connectivity index (χ1n) is 7.49. The number of hydrogen-bond acceptors (Lipinski definition) is 5. The Labute approximate surface area is 118 Å². The number of rotatable bonds is 3. The summed E-state index contributed by atoms with van der Waals surface area (Å²) in [6, 6.07) is 0.340. The standard InChI is InChI=1S/C14H22N4O2/c1-3-20-13(19)12-10(2)18(17-16-12)11-5-8-15-14(9-11)6-4-7-14/h11,15H,3-9H2,1-2H3. The third kappa shape index (κ3) is 2.22. The number of carbonyl (C=O) groups excluding carboxylic acids is 1. The Bertz CT molecular complexity index is 507. The fourth-order valence-electron chi connectivity index (χ4n) is 3.40. The van der Waals surface area contributed by atoms with Crippen molar-refractivity contribution in [3.63, 3.8) is 0 Å². The highest BCUT2D eigenvalue weighted by Crippen LogP contribution is 2.42. The maximum Gasteiger partial charge on any atom is 0.360 e. The predicted octanol–water partition coefficient (Wildman–Crippen LogP) is 1.61. The maximum atomic E-state index is 11.8. The van der Waals surface area contributed by atoms with Crippen molar-refractivity contribution in [2.45, 2.75) is 57.5 Å². The van der Waals surface area contributed by atoms with E-state index in [0.29, 0.717) is 23.9 Å². The van der Waals surface area contributed by atoms with Gasteiger partial charge in [0.25, 0.3) is 0 Å². The van der Waals surface area contributed by atoms with Crippen LogP contribution in [0.1, 0.15) is 61.3 Å². The number of nitrogens with one attached hydrogen (secondary N) is 1. The van der Waals surface area contributed by atoms with E-state index < -0.39 is 0 Å². The predicted molar refractivity (Wildman–Crippen MR) is 73.6 cm³/mol. The SMILES string of the molecule is CCOC(=O)c1nnn(C2CCNC3(CCC3)C2)c1C. The number of hydrogen-bond donors (Lipinski definition) is 1. The molecule has 110 valence electrons. The van der Waals surface area contributed by atoms with Gasteiger partial charge in [0.15, 0.2) is 5.69 Å². The number of piperidine rings is 1. The smallest absolute Gasteiger partial charge is 0.360 e. The summed E-state index contributed by atoms with van der Waals surface area (Å²) >= 11 is 0. The second kappa shape index (κ2) is 5.16. The zero-order chi connectivity index (χ0) is 14.2. The van der Waals surface area contributed by atoms with Crippen LogP contribution >= 0.6 is 0 Å².